The molecular weight excluding hydrogens is 464 g/mol. The zero-order valence-electron chi connectivity index (χ0n) is 16.7. The van der Waals surface area contributed by atoms with Crippen LogP contribution in [0.5, 0.6) is 0 Å². The fourth-order valence-electron chi connectivity index (χ4n) is 3.00. The lowest BCUT2D eigenvalue weighted by atomic mass is 10.1. The van der Waals surface area contributed by atoms with Crippen LogP contribution < -0.4 is 9.62 Å². The Bertz CT molecular complexity index is 1100. The molecule has 1 N–H and O–H groups in total. The first-order chi connectivity index (χ1) is 14.3. The average Bonchev–Trinajstić information content (AvgIpc) is 2.73. The second-order valence-corrected chi connectivity index (χ2v) is 9.78. The first-order valence-corrected chi connectivity index (χ1v) is 11.7. The molecule has 3 rings (SSSR count). The quantitative estimate of drug-likeness (QED) is 0.519. The highest BCUT2D eigenvalue weighted by molar-refractivity contribution is 9.10. The third-order valence-corrected chi connectivity index (χ3v) is 7.00. The summed E-state index contributed by atoms with van der Waals surface area (Å²) in [6.07, 6.45) is 0. The molecule has 30 heavy (non-hydrogen) atoms. The van der Waals surface area contributed by atoms with Gasteiger partial charge in [0.2, 0.25) is 5.91 Å². The van der Waals surface area contributed by atoms with Gasteiger partial charge in [-0.1, -0.05) is 64.0 Å². The second kappa shape index (κ2) is 9.45. The number of amides is 1. The van der Waals surface area contributed by atoms with Crippen molar-refractivity contribution in [1.29, 1.82) is 0 Å². The van der Waals surface area contributed by atoms with Crippen molar-refractivity contribution in [2.75, 3.05) is 10.8 Å². The third-order valence-electron chi connectivity index (χ3n) is 4.69. The van der Waals surface area contributed by atoms with Crippen LogP contribution in [0.4, 0.5) is 5.69 Å². The summed E-state index contributed by atoms with van der Waals surface area (Å²) < 4.78 is 28.7. The van der Waals surface area contributed by atoms with E-state index in [0.717, 1.165) is 19.9 Å². The van der Waals surface area contributed by atoms with E-state index in [1.165, 1.54) is 0 Å². The number of aryl methyl sites for hydroxylation is 1. The van der Waals surface area contributed by atoms with Crippen LogP contribution in [-0.2, 0) is 14.8 Å². The van der Waals surface area contributed by atoms with Gasteiger partial charge in [-0.05, 0) is 55.8 Å². The van der Waals surface area contributed by atoms with Crippen LogP contribution in [0.1, 0.15) is 24.1 Å². The van der Waals surface area contributed by atoms with E-state index in [0.29, 0.717) is 5.69 Å². The van der Waals surface area contributed by atoms with Crippen LogP contribution in [0.15, 0.2) is 88.2 Å². The van der Waals surface area contributed by atoms with E-state index >= 15 is 0 Å². The SMILES string of the molecule is Cc1ccc(S(=O)(=O)N(CC(=O)NC(C)c2ccccc2)c2ccc(Br)cc2)cc1. The highest BCUT2D eigenvalue weighted by atomic mass is 79.9. The number of nitrogens with one attached hydrogen (secondary N) is 1. The van der Waals surface area contributed by atoms with Crippen LogP contribution in [0.2, 0.25) is 0 Å². The molecule has 0 aliphatic carbocycles. The van der Waals surface area contributed by atoms with Crippen molar-refractivity contribution >= 4 is 37.5 Å². The van der Waals surface area contributed by atoms with Gasteiger partial charge in [0, 0.05) is 4.47 Å². The number of nitrogens with zero attached hydrogens (tertiary/aromatic N) is 1. The lowest BCUT2D eigenvalue weighted by molar-refractivity contribution is -0.120. The highest BCUT2D eigenvalue weighted by Gasteiger charge is 2.27. The molecule has 0 radical (unpaired) electrons. The predicted molar refractivity (Wildman–Crippen MR) is 123 cm³/mol. The Hall–Kier alpha value is -2.64. The zero-order valence-corrected chi connectivity index (χ0v) is 19.2. The zero-order chi connectivity index (χ0) is 21.7. The number of hydrogen-bond acceptors (Lipinski definition) is 3. The molecule has 7 heteroatoms. The van der Waals surface area contributed by atoms with Gasteiger partial charge < -0.3 is 5.32 Å². The van der Waals surface area contributed by atoms with Gasteiger partial charge in [0.1, 0.15) is 6.54 Å². The van der Waals surface area contributed by atoms with Crippen molar-refractivity contribution in [1.82, 2.24) is 5.32 Å². The summed E-state index contributed by atoms with van der Waals surface area (Å²) in [5.74, 6) is -0.384. The Morgan fingerprint density at radius 2 is 1.57 bits per heavy atom. The van der Waals surface area contributed by atoms with E-state index in [2.05, 4.69) is 21.2 Å². The number of rotatable bonds is 7. The molecule has 0 aromatic heterocycles. The lowest BCUT2D eigenvalue weighted by Crippen LogP contribution is -2.41. The minimum absolute atomic E-state index is 0.139. The van der Waals surface area contributed by atoms with Crippen LogP contribution in [0, 0.1) is 6.92 Å². The monoisotopic (exact) mass is 486 g/mol. The van der Waals surface area contributed by atoms with E-state index in [1.807, 2.05) is 44.2 Å². The minimum atomic E-state index is -3.92. The fourth-order valence-corrected chi connectivity index (χ4v) is 4.69. The average molecular weight is 487 g/mol. The Labute approximate surface area is 185 Å². The minimum Gasteiger partial charge on any atom is -0.348 e. The molecule has 0 fully saturated rings. The molecule has 3 aromatic rings. The van der Waals surface area contributed by atoms with Crippen molar-refractivity contribution in [3.05, 3.63) is 94.5 Å². The van der Waals surface area contributed by atoms with E-state index in [-0.39, 0.29) is 23.4 Å². The maximum atomic E-state index is 13.4. The molecule has 0 aliphatic rings. The first-order valence-electron chi connectivity index (χ1n) is 9.46. The van der Waals surface area contributed by atoms with Gasteiger partial charge in [-0.15, -0.1) is 0 Å². The molecule has 0 bridgehead atoms. The van der Waals surface area contributed by atoms with E-state index in [9.17, 15) is 13.2 Å². The molecule has 156 valence electrons. The molecule has 0 saturated carbocycles. The second-order valence-electron chi connectivity index (χ2n) is 7.00. The van der Waals surface area contributed by atoms with E-state index in [1.54, 1.807) is 48.5 Å². The molecule has 0 heterocycles. The summed E-state index contributed by atoms with van der Waals surface area (Å²) in [5.41, 5.74) is 2.32. The number of halogens is 1. The van der Waals surface area contributed by atoms with Gasteiger partial charge in [-0.3, -0.25) is 9.10 Å². The number of hydrogen-bond donors (Lipinski definition) is 1. The van der Waals surface area contributed by atoms with Gasteiger partial charge in [0.25, 0.3) is 10.0 Å². The van der Waals surface area contributed by atoms with Crippen molar-refractivity contribution in [2.24, 2.45) is 0 Å². The summed E-state index contributed by atoms with van der Waals surface area (Å²) in [6.45, 7) is 3.43. The Morgan fingerprint density at radius 1 is 0.967 bits per heavy atom. The third kappa shape index (κ3) is 5.29. The normalized spacial score (nSPS) is 12.2. The molecule has 1 unspecified atom stereocenters. The van der Waals surface area contributed by atoms with Gasteiger partial charge in [-0.25, -0.2) is 8.42 Å². The topological polar surface area (TPSA) is 66.5 Å². The summed E-state index contributed by atoms with van der Waals surface area (Å²) in [5, 5.41) is 2.89. The van der Waals surface area contributed by atoms with Crippen LogP contribution >= 0.6 is 15.9 Å². The molecule has 1 atom stereocenters. The summed E-state index contributed by atoms with van der Waals surface area (Å²) >= 11 is 3.36. The van der Waals surface area contributed by atoms with Crippen LogP contribution in [-0.4, -0.2) is 20.9 Å². The fraction of sp³-hybridized carbons (Fsp3) is 0.174. The van der Waals surface area contributed by atoms with Gasteiger partial charge in [0.15, 0.2) is 0 Å². The Kier molecular flexibility index (Phi) is 6.95. The summed E-state index contributed by atoms with van der Waals surface area (Å²) in [4.78, 5) is 12.9. The Morgan fingerprint density at radius 3 is 2.17 bits per heavy atom. The lowest BCUT2D eigenvalue weighted by Gasteiger charge is -2.25. The van der Waals surface area contributed by atoms with E-state index < -0.39 is 10.0 Å². The van der Waals surface area contributed by atoms with Gasteiger partial charge in [-0.2, -0.15) is 0 Å². The van der Waals surface area contributed by atoms with Crippen LogP contribution in [0.3, 0.4) is 0 Å². The predicted octanol–water partition coefficient (Wildman–Crippen LogP) is 4.83. The summed E-state index contributed by atoms with van der Waals surface area (Å²) in [7, 11) is -3.92. The number of carbonyl (C=O) groups excluding carboxylic acids is 1. The highest BCUT2D eigenvalue weighted by Crippen LogP contribution is 2.25. The standard InChI is InChI=1S/C23H23BrN2O3S/c1-17-8-14-22(15-9-17)30(28,29)26(21-12-10-20(24)11-13-21)16-23(27)25-18(2)19-6-4-3-5-7-19/h3-15,18H,16H2,1-2H3,(H,25,27). The molecule has 1 amide bonds. The first kappa shape index (κ1) is 22.1. The number of carbonyl (C=O) groups is 1. The number of anilines is 1. The smallest absolute Gasteiger partial charge is 0.264 e. The molecule has 5 nitrogen and oxygen atoms in total. The van der Waals surface area contributed by atoms with Gasteiger partial charge in [0.05, 0.1) is 16.6 Å². The van der Waals surface area contributed by atoms with Gasteiger partial charge >= 0.3 is 0 Å². The van der Waals surface area contributed by atoms with Crippen molar-refractivity contribution in [3.8, 4) is 0 Å². The molecule has 0 spiro atoms. The molecule has 3 aromatic carbocycles. The number of benzene rings is 3. The largest absolute Gasteiger partial charge is 0.348 e. The van der Waals surface area contributed by atoms with Crippen molar-refractivity contribution in [3.63, 3.8) is 0 Å². The molecule has 0 aliphatic heterocycles. The molecule has 0 saturated heterocycles. The van der Waals surface area contributed by atoms with Crippen molar-refractivity contribution in [2.45, 2.75) is 24.8 Å². The van der Waals surface area contributed by atoms with Crippen LogP contribution in [0.25, 0.3) is 0 Å². The van der Waals surface area contributed by atoms with Crippen molar-refractivity contribution < 1.29 is 13.2 Å². The number of sulfonamides is 1. The maximum absolute atomic E-state index is 13.4. The van der Waals surface area contributed by atoms with E-state index in [4.69, 9.17) is 0 Å². The maximum Gasteiger partial charge on any atom is 0.264 e. The Balaban J connectivity index is 1.89. The molecular formula is C23H23BrN2O3S. The summed E-state index contributed by atoms with van der Waals surface area (Å²) in [6, 6.07) is 22.7.